The molecule has 2 atom stereocenters. The largest absolute Gasteiger partial charge is 0.481 e. The fourth-order valence-corrected chi connectivity index (χ4v) is 2.75. The highest BCUT2D eigenvalue weighted by atomic mass is 16.4. The van der Waals surface area contributed by atoms with Crippen molar-refractivity contribution < 1.29 is 14.7 Å². The molecule has 0 spiro atoms. The van der Waals surface area contributed by atoms with Crippen LogP contribution in [0.25, 0.3) is 0 Å². The van der Waals surface area contributed by atoms with Gasteiger partial charge in [-0.05, 0) is 44.6 Å². The number of carbonyl (C=O) groups is 2. The first-order valence-corrected chi connectivity index (χ1v) is 7.84. The standard InChI is InChI=1S/C16H32N2O3/c1-6-18(12(2)11-15(20)21)14(19)8-7-13(9-10-17)16(3,4)5/h12-13H,6-11,17H2,1-5H3,(H,20,21). The summed E-state index contributed by atoms with van der Waals surface area (Å²) in [6.45, 7) is 11.4. The fourth-order valence-electron chi connectivity index (χ4n) is 2.75. The Kier molecular flexibility index (Phi) is 8.55. The second-order valence-corrected chi connectivity index (χ2v) is 6.81. The number of carbonyl (C=O) groups excluding carboxylic acids is 1. The predicted molar refractivity (Wildman–Crippen MR) is 85.0 cm³/mol. The molecule has 2 unspecified atom stereocenters. The van der Waals surface area contributed by atoms with Gasteiger partial charge >= 0.3 is 5.97 Å². The molecule has 0 saturated carbocycles. The molecular formula is C16H32N2O3. The highest BCUT2D eigenvalue weighted by molar-refractivity contribution is 5.77. The van der Waals surface area contributed by atoms with E-state index in [1.807, 2.05) is 6.92 Å². The normalized spacial score (nSPS) is 14.6. The maximum absolute atomic E-state index is 12.3. The minimum absolute atomic E-state index is 0.00885. The van der Waals surface area contributed by atoms with Crippen molar-refractivity contribution in [1.82, 2.24) is 4.90 Å². The van der Waals surface area contributed by atoms with Crippen LogP contribution < -0.4 is 5.73 Å². The summed E-state index contributed by atoms with van der Waals surface area (Å²) in [5.41, 5.74) is 5.79. The summed E-state index contributed by atoms with van der Waals surface area (Å²) in [5.74, 6) is -0.429. The molecule has 21 heavy (non-hydrogen) atoms. The molecule has 5 nitrogen and oxygen atoms in total. The van der Waals surface area contributed by atoms with Crippen LogP contribution in [0.15, 0.2) is 0 Å². The number of carboxylic acid groups (broad SMARTS) is 1. The van der Waals surface area contributed by atoms with Crippen molar-refractivity contribution in [3.05, 3.63) is 0 Å². The molecule has 0 fully saturated rings. The van der Waals surface area contributed by atoms with Crippen LogP contribution in [-0.2, 0) is 9.59 Å². The van der Waals surface area contributed by atoms with Gasteiger partial charge in [-0.2, -0.15) is 0 Å². The van der Waals surface area contributed by atoms with E-state index in [0.717, 1.165) is 12.8 Å². The van der Waals surface area contributed by atoms with Gasteiger partial charge in [0.2, 0.25) is 5.91 Å². The Morgan fingerprint density at radius 3 is 2.19 bits per heavy atom. The van der Waals surface area contributed by atoms with Crippen molar-refractivity contribution in [2.75, 3.05) is 13.1 Å². The van der Waals surface area contributed by atoms with Crippen molar-refractivity contribution in [3.63, 3.8) is 0 Å². The van der Waals surface area contributed by atoms with Crippen LogP contribution in [-0.4, -0.2) is 41.0 Å². The van der Waals surface area contributed by atoms with E-state index < -0.39 is 5.97 Å². The third-order valence-corrected chi connectivity index (χ3v) is 4.11. The van der Waals surface area contributed by atoms with E-state index in [1.54, 1.807) is 11.8 Å². The molecule has 0 aliphatic carbocycles. The lowest BCUT2D eigenvalue weighted by Gasteiger charge is -2.32. The van der Waals surface area contributed by atoms with Crippen molar-refractivity contribution >= 4 is 11.9 Å². The minimum Gasteiger partial charge on any atom is -0.481 e. The number of nitrogens with two attached hydrogens (primary N) is 1. The van der Waals surface area contributed by atoms with Crippen LogP contribution in [0.1, 0.15) is 60.3 Å². The van der Waals surface area contributed by atoms with Crippen LogP contribution in [0.3, 0.4) is 0 Å². The summed E-state index contributed by atoms with van der Waals surface area (Å²) in [4.78, 5) is 24.8. The van der Waals surface area contributed by atoms with Gasteiger partial charge in [0.25, 0.3) is 0 Å². The van der Waals surface area contributed by atoms with Crippen LogP contribution in [0.5, 0.6) is 0 Å². The molecule has 124 valence electrons. The van der Waals surface area contributed by atoms with E-state index in [1.165, 1.54) is 0 Å². The monoisotopic (exact) mass is 300 g/mol. The molecule has 0 aromatic heterocycles. The molecule has 0 radical (unpaired) electrons. The molecule has 0 aliphatic rings. The molecule has 0 rings (SSSR count). The number of carboxylic acids is 1. The number of aliphatic carboxylic acids is 1. The second-order valence-electron chi connectivity index (χ2n) is 6.81. The third kappa shape index (κ3) is 7.46. The molecule has 0 aromatic carbocycles. The summed E-state index contributed by atoms with van der Waals surface area (Å²) in [7, 11) is 0. The van der Waals surface area contributed by atoms with E-state index in [9.17, 15) is 9.59 Å². The number of rotatable bonds is 9. The quantitative estimate of drug-likeness (QED) is 0.685. The minimum atomic E-state index is -0.871. The summed E-state index contributed by atoms with van der Waals surface area (Å²) < 4.78 is 0. The van der Waals surface area contributed by atoms with Crippen LogP contribution in [0.4, 0.5) is 0 Å². The Labute approximate surface area is 128 Å². The fraction of sp³-hybridized carbons (Fsp3) is 0.875. The van der Waals surface area contributed by atoms with E-state index in [0.29, 0.717) is 25.4 Å². The first-order chi connectivity index (χ1) is 9.63. The van der Waals surface area contributed by atoms with Gasteiger partial charge in [0.15, 0.2) is 0 Å². The van der Waals surface area contributed by atoms with Gasteiger partial charge in [0.05, 0.1) is 6.42 Å². The highest BCUT2D eigenvalue weighted by Crippen LogP contribution is 2.32. The average Bonchev–Trinajstić information content (AvgIpc) is 2.32. The smallest absolute Gasteiger partial charge is 0.305 e. The lowest BCUT2D eigenvalue weighted by Crippen LogP contribution is -2.40. The lowest BCUT2D eigenvalue weighted by atomic mass is 9.76. The summed E-state index contributed by atoms with van der Waals surface area (Å²) in [6.07, 6.45) is 2.16. The van der Waals surface area contributed by atoms with Gasteiger partial charge in [-0.25, -0.2) is 0 Å². The van der Waals surface area contributed by atoms with Crippen molar-refractivity contribution in [2.45, 2.75) is 66.3 Å². The van der Waals surface area contributed by atoms with Gasteiger partial charge in [-0.1, -0.05) is 20.8 Å². The SMILES string of the molecule is CCN(C(=O)CCC(CCN)C(C)(C)C)C(C)CC(=O)O. The predicted octanol–water partition coefficient (Wildman–Crippen LogP) is 2.49. The molecule has 5 heteroatoms. The molecule has 0 aromatic rings. The Bertz CT molecular complexity index is 337. The molecule has 1 amide bonds. The van der Waals surface area contributed by atoms with Crippen molar-refractivity contribution in [2.24, 2.45) is 17.1 Å². The summed E-state index contributed by atoms with van der Waals surface area (Å²) in [5, 5.41) is 8.85. The topological polar surface area (TPSA) is 83.6 Å². The Hall–Kier alpha value is -1.10. The van der Waals surface area contributed by atoms with Crippen LogP contribution >= 0.6 is 0 Å². The Balaban J connectivity index is 4.59. The average molecular weight is 300 g/mol. The van der Waals surface area contributed by atoms with Crippen molar-refractivity contribution in [1.29, 1.82) is 0 Å². The van der Waals surface area contributed by atoms with Gasteiger partial charge < -0.3 is 15.7 Å². The number of amides is 1. The molecule has 0 aliphatic heterocycles. The van der Waals surface area contributed by atoms with E-state index in [-0.39, 0.29) is 23.8 Å². The first kappa shape index (κ1) is 19.9. The zero-order chi connectivity index (χ0) is 16.6. The van der Waals surface area contributed by atoms with E-state index in [4.69, 9.17) is 10.8 Å². The zero-order valence-corrected chi connectivity index (χ0v) is 14.2. The summed E-state index contributed by atoms with van der Waals surface area (Å²) in [6, 6.07) is -0.261. The van der Waals surface area contributed by atoms with Gasteiger partial charge in [0, 0.05) is 19.0 Å². The number of hydrogen-bond donors (Lipinski definition) is 2. The lowest BCUT2D eigenvalue weighted by molar-refractivity contribution is -0.140. The highest BCUT2D eigenvalue weighted by Gasteiger charge is 2.26. The van der Waals surface area contributed by atoms with Crippen molar-refractivity contribution in [3.8, 4) is 0 Å². The number of hydrogen-bond acceptors (Lipinski definition) is 3. The van der Waals surface area contributed by atoms with Gasteiger partial charge in [-0.15, -0.1) is 0 Å². The van der Waals surface area contributed by atoms with Crippen LogP contribution in [0.2, 0.25) is 0 Å². The first-order valence-electron chi connectivity index (χ1n) is 7.84. The second kappa shape index (κ2) is 9.03. The molecular weight excluding hydrogens is 268 g/mol. The molecule has 3 N–H and O–H groups in total. The van der Waals surface area contributed by atoms with Crippen LogP contribution in [0, 0.1) is 11.3 Å². The van der Waals surface area contributed by atoms with Gasteiger partial charge in [-0.3, -0.25) is 9.59 Å². The molecule has 0 saturated heterocycles. The summed E-state index contributed by atoms with van der Waals surface area (Å²) >= 11 is 0. The number of nitrogens with zero attached hydrogens (tertiary/aromatic N) is 1. The van der Waals surface area contributed by atoms with Gasteiger partial charge in [0.1, 0.15) is 0 Å². The maximum atomic E-state index is 12.3. The molecule has 0 bridgehead atoms. The third-order valence-electron chi connectivity index (χ3n) is 4.11. The maximum Gasteiger partial charge on any atom is 0.305 e. The Morgan fingerprint density at radius 2 is 1.81 bits per heavy atom. The Morgan fingerprint density at radius 1 is 1.24 bits per heavy atom. The van der Waals surface area contributed by atoms with E-state index in [2.05, 4.69) is 20.8 Å². The zero-order valence-electron chi connectivity index (χ0n) is 14.2. The van der Waals surface area contributed by atoms with E-state index >= 15 is 0 Å². The molecule has 0 heterocycles.